The van der Waals surface area contributed by atoms with Gasteiger partial charge in [-0.2, -0.15) is 0 Å². The summed E-state index contributed by atoms with van der Waals surface area (Å²) in [6, 6.07) is 0. The van der Waals surface area contributed by atoms with Gasteiger partial charge in [0.05, 0.1) is 0 Å². The van der Waals surface area contributed by atoms with E-state index < -0.39 is 0 Å². The number of hydrogen-bond donors (Lipinski definition) is 0. The Kier molecular flexibility index (Phi) is 3.57. The Balaban J connectivity index is 2.53. The van der Waals surface area contributed by atoms with Crippen molar-refractivity contribution in [2.45, 2.75) is 26.7 Å². The average molecular weight is 169 g/mol. The van der Waals surface area contributed by atoms with Crippen molar-refractivity contribution in [2.24, 2.45) is 0 Å². The third-order valence-corrected chi connectivity index (χ3v) is 1.66. The summed E-state index contributed by atoms with van der Waals surface area (Å²) in [5.41, 5.74) is 0. The highest BCUT2D eigenvalue weighted by atomic mass is 16.5. The van der Waals surface area contributed by atoms with Gasteiger partial charge in [-0.15, -0.1) is 0 Å². The van der Waals surface area contributed by atoms with Crippen molar-refractivity contribution in [3.63, 3.8) is 0 Å². The SMILES string of the molecule is CCCN(CCC)c1conn1. The van der Waals surface area contributed by atoms with Crippen LogP contribution in [0, 0.1) is 0 Å². The summed E-state index contributed by atoms with van der Waals surface area (Å²) in [5, 5.41) is 7.30. The molecule has 68 valence electrons. The van der Waals surface area contributed by atoms with E-state index >= 15 is 0 Å². The molecule has 4 nitrogen and oxygen atoms in total. The Morgan fingerprint density at radius 2 is 2.00 bits per heavy atom. The Labute approximate surface area is 72.5 Å². The highest BCUT2D eigenvalue weighted by Crippen LogP contribution is 2.09. The van der Waals surface area contributed by atoms with Crippen molar-refractivity contribution < 1.29 is 4.52 Å². The Morgan fingerprint density at radius 3 is 2.42 bits per heavy atom. The quantitative estimate of drug-likeness (QED) is 0.672. The largest absolute Gasteiger partial charge is 0.352 e. The highest BCUT2D eigenvalue weighted by Gasteiger charge is 2.06. The summed E-state index contributed by atoms with van der Waals surface area (Å²) in [6.45, 7) is 6.33. The number of nitrogens with zero attached hydrogens (tertiary/aromatic N) is 3. The fraction of sp³-hybridized carbons (Fsp3) is 0.750. The van der Waals surface area contributed by atoms with Gasteiger partial charge in [-0.05, 0) is 12.8 Å². The van der Waals surface area contributed by atoms with Crippen molar-refractivity contribution in [1.82, 2.24) is 10.4 Å². The van der Waals surface area contributed by atoms with E-state index in [0.717, 1.165) is 31.7 Å². The van der Waals surface area contributed by atoms with Crippen LogP contribution in [-0.2, 0) is 0 Å². The number of anilines is 1. The van der Waals surface area contributed by atoms with Crippen LogP contribution >= 0.6 is 0 Å². The molecule has 4 heteroatoms. The molecule has 0 spiro atoms. The molecule has 0 aliphatic rings. The van der Waals surface area contributed by atoms with Gasteiger partial charge in [0.25, 0.3) is 0 Å². The lowest BCUT2D eigenvalue weighted by Gasteiger charge is -2.18. The zero-order valence-electron chi connectivity index (χ0n) is 7.66. The van der Waals surface area contributed by atoms with E-state index in [4.69, 9.17) is 0 Å². The molecule has 0 saturated heterocycles. The first kappa shape index (κ1) is 9.03. The van der Waals surface area contributed by atoms with Gasteiger partial charge in [-0.3, -0.25) is 0 Å². The lowest BCUT2D eigenvalue weighted by atomic mass is 10.3. The van der Waals surface area contributed by atoms with Gasteiger partial charge in [0.1, 0.15) is 0 Å². The van der Waals surface area contributed by atoms with Crippen LogP contribution in [0.5, 0.6) is 0 Å². The monoisotopic (exact) mass is 169 g/mol. The standard InChI is InChI=1S/C8H15N3O/c1-3-5-11(6-4-2)8-7-12-10-9-8/h7H,3-6H2,1-2H3. The molecule has 0 aromatic carbocycles. The molecule has 1 rings (SSSR count). The van der Waals surface area contributed by atoms with Crippen LogP contribution in [0.1, 0.15) is 26.7 Å². The van der Waals surface area contributed by atoms with Crippen molar-refractivity contribution >= 4 is 5.82 Å². The molecular formula is C8H15N3O. The molecule has 1 heterocycles. The number of hydrogen-bond acceptors (Lipinski definition) is 4. The normalized spacial score (nSPS) is 10.2. The van der Waals surface area contributed by atoms with Gasteiger partial charge < -0.3 is 9.42 Å². The molecule has 0 amide bonds. The van der Waals surface area contributed by atoms with E-state index in [1.54, 1.807) is 6.26 Å². The molecule has 0 atom stereocenters. The second kappa shape index (κ2) is 4.74. The van der Waals surface area contributed by atoms with Crippen molar-refractivity contribution in [2.75, 3.05) is 18.0 Å². The van der Waals surface area contributed by atoms with Gasteiger partial charge >= 0.3 is 0 Å². The van der Waals surface area contributed by atoms with E-state index in [0.29, 0.717) is 0 Å². The maximum absolute atomic E-state index is 4.69. The third-order valence-electron chi connectivity index (χ3n) is 1.66. The molecule has 0 fully saturated rings. The van der Waals surface area contributed by atoms with Crippen LogP contribution < -0.4 is 4.90 Å². The Bertz CT molecular complexity index is 192. The molecule has 1 aromatic rings. The molecule has 1 aromatic heterocycles. The van der Waals surface area contributed by atoms with Crippen LogP contribution in [0.4, 0.5) is 5.82 Å². The lowest BCUT2D eigenvalue weighted by molar-refractivity contribution is 0.393. The van der Waals surface area contributed by atoms with E-state index in [2.05, 4.69) is 33.6 Å². The van der Waals surface area contributed by atoms with E-state index in [9.17, 15) is 0 Å². The first-order valence-electron chi connectivity index (χ1n) is 4.40. The second-order valence-corrected chi connectivity index (χ2v) is 2.75. The zero-order valence-corrected chi connectivity index (χ0v) is 7.66. The fourth-order valence-electron chi connectivity index (χ4n) is 1.18. The van der Waals surface area contributed by atoms with Crippen LogP contribution in [0.25, 0.3) is 0 Å². The Hall–Kier alpha value is -1.06. The molecular weight excluding hydrogens is 154 g/mol. The summed E-state index contributed by atoms with van der Waals surface area (Å²) in [5.74, 6) is 0.846. The van der Waals surface area contributed by atoms with E-state index in [1.165, 1.54) is 0 Å². The first-order valence-corrected chi connectivity index (χ1v) is 4.40. The van der Waals surface area contributed by atoms with Gasteiger partial charge in [0.15, 0.2) is 12.1 Å². The van der Waals surface area contributed by atoms with Crippen molar-refractivity contribution in [1.29, 1.82) is 0 Å². The first-order chi connectivity index (χ1) is 5.88. The molecule has 0 unspecified atom stereocenters. The summed E-state index contributed by atoms with van der Waals surface area (Å²) < 4.78 is 4.69. The minimum absolute atomic E-state index is 0.846. The fourth-order valence-corrected chi connectivity index (χ4v) is 1.18. The minimum Gasteiger partial charge on any atom is -0.352 e. The smallest absolute Gasteiger partial charge is 0.192 e. The summed E-state index contributed by atoms with van der Waals surface area (Å²) in [6.07, 6.45) is 3.82. The van der Waals surface area contributed by atoms with Gasteiger partial charge in [0.2, 0.25) is 0 Å². The van der Waals surface area contributed by atoms with Gasteiger partial charge in [-0.1, -0.05) is 18.9 Å². The van der Waals surface area contributed by atoms with Crippen LogP contribution in [0.3, 0.4) is 0 Å². The predicted octanol–water partition coefficient (Wildman–Crippen LogP) is 1.70. The maximum Gasteiger partial charge on any atom is 0.192 e. The third kappa shape index (κ3) is 2.22. The van der Waals surface area contributed by atoms with Crippen molar-refractivity contribution in [3.05, 3.63) is 6.26 Å². The second-order valence-electron chi connectivity index (χ2n) is 2.75. The number of rotatable bonds is 5. The summed E-state index contributed by atoms with van der Waals surface area (Å²) >= 11 is 0. The lowest BCUT2D eigenvalue weighted by Crippen LogP contribution is -2.25. The topological polar surface area (TPSA) is 42.2 Å². The van der Waals surface area contributed by atoms with E-state index in [-0.39, 0.29) is 0 Å². The zero-order chi connectivity index (χ0) is 8.81. The maximum atomic E-state index is 4.69. The molecule has 0 aliphatic heterocycles. The molecule has 0 aliphatic carbocycles. The van der Waals surface area contributed by atoms with Gasteiger partial charge in [-0.25, -0.2) is 0 Å². The summed E-state index contributed by atoms with van der Waals surface area (Å²) in [7, 11) is 0. The summed E-state index contributed by atoms with van der Waals surface area (Å²) in [4.78, 5) is 2.18. The Morgan fingerprint density at radius 1 is 1.33 bits per heavy atom. The molecule has 0 N–H and O–H groups in total. The average Bonchev–Trinajstić information content (AvgIpc) is 2.56. The molecule has 0 bridgehead atoms. The van der Waals surface area contributed by atoms with Crippen LogP contribution in [0.2, 0.25) is 0 Å². The number of aromatic nitrogens is 2. The van der Waals surface area contributed by atoms with E-state index in [1.807, 2.05) is 0 Å². The van der Waals surface area contributed by atoms with Crippen LogP contribution in [-0.4, -0.2) is 23.5 Å². The molecule has 0 saturated carbocycles. The van der Waals surface area contributed by atoms with Gasteiger partial charge in [0, 0.05) is 18.4 Å². The molecule has 0 radical (unpaired) electrons. The molecule has 12 heavy (non-hydrogen) atoms. The van der Waals surface area contributed by atoms with Crippen LogP contribution in [0.15, 0.2) is 10.8 Å². The predicted molar refractivity (Wildman–Crippen MR) is 47.1 cm³/mol. The minimum atomic E-state index is 0.846. The highest BCUT2D eigenvalue weighted by molar-refractivity contribution is 5.32. The van der Waals surface area contributed by atoms with Crippen molar-refractivity contribution in [3.8, 4) is 0 Å².